The molecule has 0 amide bonds. The molecule has 80 valence electrons. The summed E-state index contributed by atoms with van der Waals surface area (Å²) in [6.45, 7) is 2.77. The monoisotopic (exact) mass is 205 g/mol. The van der Waals surface area contributed by atoms with Gasteiger partial charge in [0.05, 0.1) is 6.42 Å². The van der Waals surface area contributed by atoms with E-state index in [-0.39, 0.29) is 11.9 Å². The van der Waals surface area contributed by atoms with Crippen molar-refractivity contribution in [2.75, 3.05) is 6.61 Å². The Bertz CT molecular complexity index is 337. The van der Waals surface area contributed by atoms with Crippen LogP contribution in [-0.4, -0.2) is 23.5 Å². The zero-order chi connectivity index (χ0) is 10.7. The highest BCUT2D eigenvalue weighted by atomic mass is 16.5. The molecule has 2 rings (SSSR count). The number of rotatable bonds is 3. The molecule has 1 aliphatic heterocycles. The van der Waals surface area contributed by atoms with Crippen LogP contribution >= 0.6 is 0 Å². The van der Waals surface area contributed by atoms with Gasteiger partial charge >= 0.3 is 0 Å². The molecule has 15 heavy (non-hydrogen) atoms. The molecule has 2 unspecified atom stereocenters. The van der Waals surface area contributed by atoms with Crippen LogP contribution in [0.15, 0.2) is 24.4 Å². The van der Waals surface area contributed by atoms with Crippen molar-refractivity contribution in [3.8, 4) is 0 Å². The van der Waals surface area contributed by atoms with E-state index in [0.717, 1.165) is 12.1 Å². The van der Waals surface area contributed by atoms with Crippen molar-refractivity contribution < 1.29 is 9.53 Å². The van der Waals surface area contributed by atoms with Crippen LogP contribution < -0.4 is 0 Å². The van der Waals surface area contributed by atoms with Gasteiger partial charge in [0.15, 0.2) is 5.78 Å². The van der Waals surface area contributed by atoms with E-state index in [4.69, 9.17) is 4.74 Å². The van der Waals surface area contributed by atoms with Crippen molar-refractivity contribution in [3.05, 3.63) is 30.1 Å². The van der Waals surface area contributed by atoms with Crippen molar-refractivity contribution in [3.63, 3.8) is 0 Å². The number of carbonyl (C=O) groups is 1. The molecule has 3 nitrogen and oxygen atoms in total. The third kappa shape index (κ3) is 2.42. The van der Waals surface area contributed by atoms with Crippen molar-refractivity contribution in [2.24, 2.45) is 5.92 Å². The van der Waals surface area contributed by atoms with E-state index < -0.39 is 0 Å². The van der Waals surface area contributed by atoms with Crippen LogP contribution in [0.25, 0.3) is 0 Å². The summed E-state index contributed by atoms with van der Waals surface area (Å²) < 4.78 is 5.42. The maximum absolute atomic E-state index is 11.9. The van der Waals surface area contributed by atoms with Gasteiger partial charge in [-0.1, -0.05) is 13.0 Å². The van der Waals surface area contributed by atoms with Gasteiger partial charge in [0.1, 0.15) is 6.10 Å². The number of pyridine rings is 1. The molecule has 2 heterocycles. The average molecular weight is 205 g/mol. The zero-order valence-electron chi connectivity index (χ0n) is 8.85. The molecule has 0 aliphatic carbocycles. The van der Waals surface area contributed by atoms with Gasteiger partial charge in [-0.2, -0.15) is 0 Å². The lowest BCUT2D eigenvalue weighted by Gasteiger charge is -2.12. The number of aromatic nitrogens is 1. The van der Waals surface area contributed by atoms with E-state index in [9.17, 15) is 4.79 Å². The molecule has 3 heteroatoms. The predicted molar refractivity (Wildman–Crippen MR) is 56.5 cm³/mol. The summed E-state index contributed by atoms with van der Waals surface area (Å²) in [6.07, 6.45) is 2.86. The lowest BCUT2D eigenvalue weighted by molar-refractivity contribution is -0.128. The van der Waals surface area contributed by atoms with Crippen molar-refractivity contribution in [1.29, 1.82) is 0 Å². The summed E-state index contributed by atoms with van der Waals surface area (Å²) in [4.78, 5) is 16.0. The first kappa shape index (κ1) is 10.3. The van der Waals surface area contributed by atoms with Gasteiger partial charge in [0, 0.05) is 18.5 Å². The molecule has 0 saturated carbocycles. The summed E-state index contributed by atoms with van der Waals surface area (Å²) in [7, 11) is 0. The largest absolute Gasteiger partial charge is 0.370 e. The van der Waals surface area contributed by atoms with Gasteiger partial charge in [-0.15, -0.1) is 0 Å². The van der Waals surface area contributed by atoms with Crippen LogP contribution in [0.5, 0.6) is 0 Å². The highest BCUT2D eigenvalue weighted by Crippen LogP contribution is 2.21. The first-order valence-corrected chi connectivity index (χ1v) is 5.31. The number of Topliss-reactive ketones (excluding diaryl/α,β-unsaturated/α-hetero) is 1. The number of hydrogen-bond acceptors (Lipinski definition) is 3. The maximum Gasteiger partial charge on any atom is 0.167 e. The van der Waals surface area contributed by atoms with Gasteiger partial charge in [-0.3, -0.25) is 9.78 Å². The predicted octanol–water partition coefficient (Wildman–Crippen LogP) is 1.62. The van der Waals surface area contributed by atoms with Crippen LogP contribution in [0.2, 0.25) is 0 Å². The Balaban J connectivity index is 1.98. The fourth-order valence-corrected chi connectivity index (χ4v) is 1.89. The Hall–Kier alpha value is -1.22. The Kier molecular flexibility index (Phi) is 3.11. The molecule has 1 fully saturated rings. The fourth-order valence-electron chi connectivity index (χ4n) is 1.89. The van der Waals surface area contributed by atoms with E-state index >= 15 is 0 Å². The minimum atomic E-state index is -0.216. The molecule has 0 bridgehead atoms. The Morgan fingerprint density at radius 3 is 3.07 bits per heavy atom. The van der Waals surface area contributed by atoms with Gasteiger partial charge < -0.3 is 4.74 Å². The highest BCUT2D eigenvalue weighted by Gasteiger charge is 2.30. The molecular weight excluding hydrogens is 190 g/mol. The molecule has 0 N–H and O–H groups in total. The Morgan fingerprint density at radius 1 is 1.60 bits per heavy atom. The fraction of sp³-hybridized carbons (Fsp3) is 0.500. The lowest BCUT2D eigenvalue weighted by atomic mass is 9.98. The maximum atomic E-state index is 11.9. The third-order valence-corrected chi connectivity index (χ3v) is 2.79. The van der Waals surface area contributed by atoms with E-state index in [1.165, 1.54) is 0 Å². The normalized spacial score (nSPS) is 25.4. The van der Waals surface area contributed by atoms with Crippen LogP contribution in [-0.2, 0) is 16.0 Å². The molecule has 1 aromatic rings. The van der Waals surface area contributed by atoms with Crippen LogP contribution in [0.3, 0.4) is 0 Å². The van der Waals surface area contributed by atoms with E-state index in [1.807, 2.05) is 18.2 Å². The summed E-state index contributed by atoms with van der Waals surface area (Å²) in [5.41, 5.74) is 0.824. The molecule has 1 aliphatic rings. The van der Waals surface area contributed by atoms with Crippen molar-refractivity contribution >= 4 is 5.78 Å². The van der Waals surface area contributed by atoms with Crippen LogP contribution in [0, 0.1) is 5.92 Å². The minimum Gasteiger partial charge on any atom is -0.370 e. The lowest BCUT2D eigenvalue weighted by Crippen LogP contribution is -2.26. The Labute approximate surface area is 89.5 Å². The molecule has 0 radical (unpaired) electrons. The number of nitrogens with zero attached hydrogens (tertiary/aromatic N) is 1. The zero-order valence-corrected chi connectivity index (χ0v) is 8.85. The van der Waals surface area contributed by atoms with E-state index in [2.05, 4.69) is 11.9 Å². The highest BCUT2D eigenvalue weighted by molar-refractivity contribution is 5.85. The number of ether oxygens (including phenoxy) is 1. The second-order valence-corrected chi connectivity index (χ2v) is 4.02. The minimum absolute atomic E-state index is 0.152. The SMILES string of the molecule is CC1CCOC1C(=O)Cc1ccccn1. The number of carbonyl (C=O) groups excluding carboxylic acids is 1. The molecule has 1 aromatic heterocycles. The second-order valence-electron chi connectivity index (χ2n) is 4.02. The molecule has 0 spiro atoms. The molecule has 1 saturated heterocycles. The first-order chi connectivity index (χ1) is 7.27. The third-order valence-electron chi connectivity index (χ3n) is 2.79. The summed E-state index contributed by atoms with van der Waals surface area (Å²) >= 11 is 0. The smallest absolute Gasteiger partial charge is 0.167 e. The van der Waals surface area contributed by atoms with Crippen LogP contribution in [0.4, 0.5) is 0 Å². The number of hydrogen-bond donors (Lipinski definition) is 0. The molecular formula is C12H15NO2. The summed E-state index contributed by atoms with van der Waals surface area (Å²) in [5, 5.41) is 0. The quantitative estimate of drug-likeness (QED) is 0.752. The topological polar surface area (TPSA) is 39.2 Å². The molecule has 2 atom stereocenters. The van der Waals surface area contributed by atoms with Gasteiger partial charge in [0.2, 0.25) is 0 Å². The summed E-state index contributed by atoms with van der Waals surface area (Å²) in [6, 6.07) is 5.62. The first-order valence-electron chi connectivity index (χ1n) is 5.31. The van der Waals surface area contributed by atoms with Gasteiger partial charge in [-0.25, -0.2) is 0 Å². The molecule has 0 aromatic carbocycles. The van der Waals surface area contributed by atoms with Crippen molar-refractivity contribution in [2.45, 2.75) is 25.9 Å². The van der Waals surface area contributed by atoms with E-state index in [1.54, 1.807) is 6.20 Å². The Morgan fingerprint density at radius 2 is 2.47 bits per heavy atom. The second kappa shape index (κ2) is 4.53. The summed E-state index contributed by atoms with van der Waals surface area (Å²) in [5.74, 6) is 0.500. The standard InChI is InChI=1S/C12H15NO2/c1-9-5-7-15-12(9)11(14)8-10-4-2-3-6-13-10/h2-4,6,9,12H,5,7-8H2,1H3. The van der Waals surface area contributed by atoms with Crippen LogP contribution in [0.1, 0.15) is 19.0 Å². The van der Waals surface area contributed by atoms with Gasteiger partial charge in [-0.05, 0) is 24.5 Å². The van der Waals surface area contributed by atoms with Gasteiger partial charge in [0.25, 0.3) is 0 Å². The number of ketones is 1. The van der Waals surface area contributed by atoms with Crippen molar-refractivity contribution in [1.82, 2.24) is 4.98 Å². The van der Waals surface area contributed by atoms with E-state index in [0.29, 0.717) is 18.9 Å². The average Bonchev–Trinajstić information content (AvgIpc) is 2.66.